The highest BCUT2D eigenvalue weighted by Crippen LogP contribution is 2.06. The van der Waals surface area contributed by atoms with E-state index in [1.807, 2.05) is 29.8 Å². The van der Waals surface area contributed by atoms with Gasteiger partial charge in [-0.05, 0) is 24.1 Å². The van der Waals surface area contributed by atoms with Crippen molar-refractivity contribution in [1.29, 1.82) is 0 Å². The zero-order valence-corrected chi connectivity index (χ0v) is 16.5. The monoisotopic (exact) mass is 382 g/mol. The first-order chi connectivity index (χ1) is 13.3. The first kappa shape index (κ1) is 19.2. The normalized spacial score (nSPS) is 11.5. The number of guanidine groups is 1. The Labute approximate surface area is 164 Å². The Kier molecular flexibility index (Phi) is 7.47. The fraction of sp³-hybridized carbons (Fsp3) is 0.333. The lowest BCUT2D eigenvalue weighted by atomic mass is 10.1. The van der Waals surface area contributed by atoms with Crippen LogP contribution in [0.4, 0.5) is 0 Å². The molecule has 142 valence electrons. The van der Waals surface area contributed by atoms with Crippen LogP contribution in [0.25, 0.3) is 0 Å². The number of aromatic nitrogens is 1. The Morgan fingerprint density at radius 2 is 2.04 bits per heavy atom. The van der Waals surface area contributed by atoms with Crippen molar-refractivity contribution in [1.82, 2.24) is 15.2 Å². The molecule has 0 spiro atoms. The molecule has 0 aliphatic rings. The maximum atomic E-state index is 5.40. The molecular weight excluding hydrogens is 356 g/mol. The van der Waals surface area contributed by atoms with Crippen LogP contribution in [0.15, 0.2) is 69.7 Å². The first-order valence-electron chi connectivity index (χ1n) is 9.25. The Morgan fingerprint density at radius 3 is 2.78 bits per heavy atom. The molecule has 0 radical (unpaired) electrons. The van der Waals surface area contributed by atoms with Crippen molar-refractivity contribution in [2.75, 3.05) is 26.7 Å². The fourth-order valence-electron chi connectivity index (χ4n) is 2.75. The van der Waals surface area contributed by atoms with Crippen LogP contribution in [0.1, 0.15) is 16.3 Å². The maximum absolute atomic E-state index is 5.40. The summed E-state index contributed by atoms with van der Waals surface area (Å²) in [6.07, 6.45) is 6.26. The summed E-state index contributed by atoms with van der Waals surface area (Å²) in [6.45, 7) is 2.43. The van der Waals surface area contributed by atoms with E-state index in [4.69, 9.17) is 9.41 Å². The maximum Gasteiger partial charge on any atom is 0.193 e. The minimum atomic E-state index is 0.697. The van der Waals surface area contributed by atoms with E-state index in [1.54, 1.807) is 17.6 Å². The van der Waals surface area contributed by atoms with Crippen molar-refractivity contribution in [2.45, 2.75) is 19.3 Å². The van der Waals surface area contributed by atoms with Gasteiger partial charge in [0.2, 0.25) is 0 Å². The minimum absolute atomic E-state index is 0.697. The summed E-state index contributed by atoms with van der Waals surface area (Å²) < 4.78 is 5.40. The zero-order valence-electron chi connectivity index (χ0n) is 15.7. The van der Waals surface area contributed by atoms with Crippen molar-refractivity contribution < 1.29 is 4.42 Å². The summed E-state index contributed by atoms with van der Waals surface area (Å²) in [5, 5.41) is 6.68. The molecule has 2 aromatic heterocycles. The van der Waals surface area contributed by atoms with Crippen LogP contribution in [0.3, 0.4) is 0 Å². The number of rotatable bonds is 9. The molecule has 0 bridgehead atoms. The van der Waals surface area contributed by atoms with E-state index < -0.39 is 0 Å². The number of aliphatic imine (C=N–C) groups is 1. The molecule has 27 heavy (non-hydrogen) atoms. The van der Waals surface area contributed by atoms with Gasteiger partial charge in [0.15, 0.2) is 5.96 Å². The van der Waals surface area contributed by atoms with Gasteiger partial charge in [0.25, 0.3) is 0 Å². The number of furan rings is 1. The standard InChI is InChI=1S/C21H26N4OS/c1-25(15-11-20-22-14-17-27-20)21(24-13-10-19-8-5-16-26-19)23-12-9-18-6-3-2-4-7-18/h2-8,14,16-17H,9-13,15H2,1H3,(H,23,24). The minimum Gasteiger partial charge on any atom is -0.469 e. The average molecular weight is 383 g/mol. The lowest BCUT2D eigenvalue weighted by Gasteiger charge is -2.22. The molecule has 2 heterocycles. The van der Waals surface area contributed by atoms with Gasteiger partial charge in [0.05, 0.1) is 11.3 Å². The van der Waals surface area contributed by atoms with E-state index in [-0.39, 0.29) is 0 Å². The van der Waals surface area contributed by atoms with Gasteiger partial charge >= 0.3 is 0 Å². The highest BCUT2D eigenvalue weighted by atomic mass is 32.1. The van der Waals surface area contributed by atoms with Gasteiger partial charge in [-0.3, -0.25) is 4.99 Å². The second-order valence-electron chi connectivity index (χ2n) is 6.29. The molecule has 0 amide bonds. The summed E-state index contributed by atoms with van der Waals surface area (Å²) in [6, 6.07) is 14.4. The predicted octanol–water partition coefficient (Wildman–Crippen LogP) is 3.64. The molecule has 5 nitrogen and oxygen atoms in total. The molecule has 0 aliphatic heterocycles. The summed E-state index contributed by atoms with van der Waals surface area (Å²) in [5.41, 5.74) is 1.32. The van der Waals surface area contributed by atoms with E-state index in [2.05, 4.69) is 46.5 Å². The molecule has 1 aromatic carbocycles. The van der Waals surface area contributed by atoms with Gasteiger partial charge in [0.1, 0.15) is 5.76 Å². The van der Waals surface area contributed by atoms with E-state index >= 15 is 0 Å². The number of nitrogens with one attached hydrogen (secondary N) is 1. The number of hydrogen-bond donors (Lipinski definition) is 1. The lowest BCUT2D eigenvalue weighted by Crippen LogP contribution is -2.41. The third-order valence-corrected chi connectivity index (χ3v) is 5.09. The Hall–Kier alpha value is -2.60. The highest BCUT2D eigenvalue weighted by Gasteiger charge is 2.08. The molecule has 0 fully saturated rings. The summed E-state index contributed by atoms with van der Waals surface area (Å²) >= 11 is 1.70. The van der Waals surface area contributed by atoms with Crippen LogP contribution in [-0.4, -0.2) is 42.5 Å². The van der Waals surface area contributed by atoms with Crippen molar-refractivity contribution in [3.8, 4) is 0 Å². The van der Waals surface area contributed by atoms with Crippen LogP contribution in [-0.2, 0) is 19.3 Å². The number of likely N-dealkylation sites (N-methyl/N-ethyl adjacent to an activating group) is 1. The van der Waals surface area contributed by atoms with Gasteiger partial charge in [-0.25, -0.2) is 4.98 Å². The summed E-state index contributed by atoms with van der Waals surface area (Å²) in [5.74, 6) is 1.89. The van der Waals surface area contributed by atoms with Crippen LogP contribution in [0, 0.1) is 0 Å². The van der Waals surface area contributed by atoms with Crippen LogP contribution in [0.5, 0.6) is 0 Å². The van der Waals surface area contributed by atoms with Crippen molar-refractivity contribution in [3.05, 3.63) is 76.6 Å². The molecule has 3 aromatic rings. The Bertz CT molecular complexity index is 785. The summed E-state index contributed by atoms with van der Waals surface area (Å²) in [7, 11) is 2.08. The molecule has 1 N–H and O–H groups in total. The quantitative estimate of drug-likeness (QED) is 0.453. The van der Waals surface area contributed by atoms with Crippen LogP contribution < -0.4 is 5.32 Å². The van der Waals surface area contributed by atoms with Gasteiger partial charge < -0.3 is 14.6 Å². The molecule has 0 atom stereocenters. The fourth-order valence-corrected chi connectivity index (χ4v) is 3.36. The molecule has 0 saturated heterocycles. The molecular formula is C21H26N4OS. The molecule has 3 rings (SSSR count). The average Bonchev–Trinajstić information content (AvgIpc) is 3.40. The predicted molar refractivity (Wildman–Crippen MR) is 111 cm³/mol. The molecule has 0 unspecified atom stereocenters. The highest BCUT2D eigenvalue weighted by molar-refractivity contribution is 7.09. The van der Waals surface area contributed by atoms with Crippen LogP contribution in [0.2, 0.25) is 0 Å². The van der Waals surface area contributed by atoms with Gasteiger partial charge in [-0.2, -0.15) is 0 Å². The number of benzene rings is 1. The molecule has 0 aliphatic carbocycles. The van der Waals surface area contributed by atoms with Gasteiger partial charge in [0, 0.05) is 51.1 Å². The number of hydrogen-bond acceptors (Lipinski definition) is 4. The van der Waals surface area contributed by atoms with Crippen molar-refractivity contribution in [2.24, 2.45) is 4.99 Å². The number of nitrogens with zero attached hydrogens (tertiary/aromatic N) is 3. The SMILES string of the molecule is CN(CCc1nccs1)C(=NCCc1ccco1)NCCc1ccccc1. The molecule has 6 heteroatoms. The lowest BCUT2D eigenvalue weighted by molar-refractivity contribution is 0.480. The van der Waals surface area contributed by atoms with E-state index in [9.17, 15) is 0 Å². The van der Waals surface area contributed by atoms with Gasteiger partial charge in [-0.1, -0.05) is 30.3 Å². The van der Waals surface area contributed by atoms with E-state index in [0.29, 0.717) is 6.54 Å². The van der Waals surface area contributed by atoms with Crippen molar-refractivity contribution in [3.63, 3.8) is 0 Å². The van der Waals surface area contributed by atoms with Crippen molar-refractivity contribution >= 4 is 17.3 Å². The van der Waals surface area contributed by atoms with Crippen LogP contribution >= 0.6 is 11.3 Å². The topological polar surface area (TPSA) is 53.7 Å². The third kappa shape index (κ3) is 6.57. The molecule has 0 saturated carbocycles. The second kappa shape index (κ2) is 10.5. The van der Waals surface area contributed by atoms with E-state index in [1.165, 1.54) is 5.56 Å². The summed E-state index contributed by atoms with van der Waals surface area (Å²) in [4.78, 5) is 11.3. The van der Waals surface area contributed by atoms with E-state index in [0.717, 1.165) is 49.1 Å². The van der Waals surface area contributed by atoms with Gasteiger partial charge in [-0.15, -0.1) is 11.3 Å². The third-order valence-electron chi connectivity index (χ3n) is 4.25. The number of thiazole rings is 1. The largest absolute Gasteiger partial charge is 0.469 e. The second-order valence-corrected chi connectivity index (χ2v) is 7.27. The Balaban J connectivity index is 1.54. The first-order valence-corrected chi connectivity index (χ1v) is 10.1. The smallest absolute Gasteiger partial charge is 0.193 e. The Morgan fingerprint density at radius 1 is 1.15 bits per heavy atom. The zero-order chi connectivity index (χ0) is 18.7.